The van der Waals surface area contributed by atoms with Crippen molar-refractivity contribution in [2.75, 3.05) is 25.0 Å². The van der Waals surface area contributed by atoms with Crippen molar-refractivity contribution in [3.05, 3.63) is 88.8 Å². The van der Waals surface area contributed by atoms with Gasteiger partial charge < -0.3 is 16.2 Å². The van der Waals surface area contributed by atoms with Gasteiger partial charge in [0, 0.05) is 13.2 Å². The summed E-state index contributed by atoms with van der Waals surface area (Å²) in [4.78, 5) is 26.4. The van der Waals surface area contributed by atoms with E-state index in [0.717, 1.165) is 11.1 Å². The Balaban J connectivity index is 1.87. The summed E-state index contributed by atoms with van der Waals surface area (Å²) in [5.74, 6) is -0.815. The van der Waals surface area contributed by atoms with Crippen LogP contribution in [0.15, 0.2) is 72.1 Å². The molecule has 0 bridgehead atoms. The van der Waals surface area contributed by atoms with Crippen LogP contribution < -0.4 is 11.1 Å². The molecule has 3 aromatic rings. The summed E-state index contributed by atoms with van der Waals surface area (Å²) in [6, 6.07) is 21.4. The summed E-state index contributed by atoms with van der Waals surface area (Å²) in [7, 11) is 0. The molecular formula is C23H25N3O3S. The number of rotatable bonds is 10. The Bertz CT molecular complexity index is 921. The first-order valence-electron chi connectivity index (χ1n) is 9.72. The second kappa shape index (κ2) is 10.7. The van der Waals surface area contributed by atoms with Crippen LogP contribution in [0, 0.1) is 0 Å². The summed E-state index contributed by atoms with van der Waals surface area (Å²) in [5, 5.41) is 14.4. The summed E-state index contributed by atoms with van der Waals surface area (Å²) < 4.78 is 0. The summed E-state index contributed by atoms with van der Waals surface area (Å²) in [6.45, 7) is 0.668. The first kappa shape index (κ1) is 21.7. The third-order valence-corrected chi connectivity index (χ3v) is 5.56. The van der Waals surface area contributed by atoms with Crippen LogP contribution in [0.25, 0.3) is 0 Å². The lowest BCUT2D eigenvalue weighted by Crippen LogP contribution is -2.38. The number of amides is 2. The molecule has 0 spiro atoms. The van der Waals surface area contributed by atoms with Crippen molar-refractivity contribution in [1.29, 1.82) is 0 Å². The zero-order valence-corrected chi connectivity index (χ0v) is 17.3. The Kier molecular flexibility index (Phi) is 7.73. The zero-order chi connectivity index (χ0) is 21.3. The first-order chi connectivity index (χ1) is 14.6. The smallest absolute Gasteiger partial charge is 0.251 e. The van der Waals surface area contributed by atoms with Gasteiger partial charge in [-0.2, -0.15) is 0 Å². The van der Waals surface area contributed by atoms with Gasteiger partial charge in [0.05, 0.1) is 18.2 Å². The number of hydrogen-bond donors (Lipinski definition) is 3. The number of primary amides is 1. The highest BCUT2D eigenvalue weighted by Crippen LogP contribution is 2.29. The Morgan fingerprint density at radius 2 is 1.60 bits per heavy atom. The number of benzene rings is 2. The minimum absolute atomic E-state index is 0.0329. The van der Waals surface area contributed by atoms with Crippen molar-refractivity contribution in [2.45, 2.75) is 12.5 Å². The lowest BCUT2D eigenvalue weighted by Gasteiger charge is -2.32. The third kappa shape index (κ3) is 5.54. The van der Waals surface area contributed by atoms with Crippen molar-refractivity contribution in [3.63, 3.8) is 0 Å². The molecular weight excluding hydrogens is 398 g/mol. The SMILES string of the molecule is NC(=O)c1ccsc1NC(=O)CN(CCCO)C(c1ccccc1)c1ccccc1. The van der Waals surface area contributed by atoms with E-state index in [0.29, 0.717) is 23.5 Å². The van der Waals surface area contributed by atoms with Crippen molar-refractivity contribution < 1.29 is 14.7 Å². The molecule has 0 atom stereocenters. The van der Waals surface area contributed by atoms with Gasteiger partial charge in [0.15, 0.2) is 0 Å². The van der Waals surface area contributed by atoms with Gasteiger partial charge >= 0.3 is 0 Å². The highest BCUT2D eigenvalue weighted by molar-refractivity contribution is 7.14. The summed E-state index contributed by atoms with van der Waals surface area (Å²) in [5.41, 5.74) is 7.80. The Labute approximate surface area is 180 Å². The van der Waals surface area contributed by atoms with Crippen LogP contribution in [0.3, 0.4) is 0 Å². The predicted molar refractivity (Wildman–Crippen MR) is 119 cm³/mol. The monoisotopic (exact) mass is 423 g/mol. The largest absolute Gasteiger partial charge is 0.396 e. The molecule has 0 fully saturated rings. The quantitative estimate of drug-likeness (QED) is 0.466. The molecule has 6 nitrogen and oxygen atoms in total. The molecule has 156 valence electrons. The maximum Gasteiger partial charge on any atom is 0.251 e. The van der Waals surface area contributed by atoms with Crippen LogP contribution in [0.2, 0.25) is 0 Å². The lowest BCUT2D eigenvalue weighted by atomic mass is 9.96. The molecule has 2 amide bonds. The van der Waals surface area contributed by atoms with Gasteiger partial charge in [-0.3, -0.25) is 14.5 Å². The van der Waals surface area contributed by atoms with Gasteiger partial charge in [0.2, 0.25) is 5.91 Å². The average molecular weight is 424 g/mol. The van der Waals surface area contributed by atoms with Crippen LogP contribution in [0.1, 0.15) is 33.9 Å². The van der Waals surface area contributed by atoms with Crippen LogP contribution in [-0.4, -0.2) is 41.5 Å². The van der Waals surface area contributed by atoms with E-state index in [1.165, 1.54) is 11.3 Å². The maximum atomic E-state index is 12.9. The topological polar surface area (TPSA) is 95.7 Å². The number of nitrogens with zero attached hydrogens (tertiary/aromatic N) is 1. The maximum absolute atomic E-state index is 12.9. The molecule has 3 rings (SSSR count). The van der Waals surface area contributed by atoms with E-state index in [2.05, 4.69) is 5.32 Å². The van der Waals surface area contributed by atoms with Crippen LogP contribution in [0.5, 0.6) is 0 Å². The molecule has 0 radical (unpaired) electrons. The Morgan fingerprint density at radius 3 is 2.13 bits per heavy atom. The fourth-order valence-electron chi connectivity index (χ4n) is 3.41. The molecule has 0 saturated heterocycles. The number of nitrogens with one attached hydrogen (secondary N) is 1. The number of carbonyl (C=O) groups is 2. The van der Waals surface area contributed by atoms with E-state index >= 15 is 0 Å². The average Bonchev–Trinajstić information content (AvgIpc) is 3.22. The van der Waals surface area contributed by atoms with Crippen LogP contribution in [-0.2, 0) is 4.79 Å². The summed E-state index contributed by atoms with van der Waals surface area (Å²) in [6.07, 6.45) is 0.537. The van der Waals surface area contributed by atoms with E-state index in [4.69, 9.17) is 5.73 Å². The molecule has 7 heteroatoms. The molecule has 0 aliphatic rings. The molecule has 0 aliphatic heterocycles. The van der Waals surface area contributed by atoms with E-state index < -0.39 is 5.91 Å². The van der Waals surface area contributed by atoms with Crippen LogP contribution in [0.4, 0.5) is 5.00 Å². The Hall–Kier alpha value is -3.00. The first-order valence-corrected chi connectivity index (χ1v) is 10.6. The fraction of sp³-hybridized carbons (Fsp3) is 0.217. The summed E-state index contributed by atoms with van der Waals surface area (Å²) >= 11 is 1.26. The molecule has 0 aliphatic carbocycles. The standard InChI is InChI=1S/C23H25N3O3S/c24-22(29)19-12-15-30-23(19)25-20(28)16-26(13-7-14-27)21(17-8-3-1-4-9-17)18-10-5-2-6-11-18/h1-6,8-12,15,21,27H,7,13-14,16H2,(H2,24,29)(H,25,28). The van der Waals surface area contributed by atoms with E-state index in [-0.39, 0.29) is 25.1 Å². The van der Waals surface area contributed by atoms with E-state index in [1.54, 1.807) is 11.4 Å². The third-order valence-electron chi connectivity index (χ3n) is 4.73. The molecule has 4 N–H and O–H groups in total. The van der Waals surface area contributed by atoms with Crippen molar-refractivity contribution in [1.82, 2.24) is 4.90 Å². The molecule has 1 aromatic heterocycles. The van der Waals surface area contributed by atoms with Gasteiger partial charge in [-0.1, -0.05) is 60.7 Å². The minimum atomic E-state index is -0.574. The number of nitrogens with two attached hydrogens (primary N) is 1. The second-order valence-electron chi connectivity index (χ2n) is 6.85. The highest BCUT2D eigenvalue weighted by atomic mass is 32.1. The number of anilines is 1. The van der Waals surface area contributed by atoms with Crippen molar-refractivity contribution >= 4 is 28.2 Å². The molecule has 0 saturated carbocycles. The number of hydrogen-bond acceptors (Lipinski definition) is 5. The Morgan fingerprint density at radius 1 is 1.00 bits per heavy atom. The fourth-order valence-corrected chi connectivity index (χ4v) is 4.22. The molecule has 1 heterocycles. The number of aliphatic hydroxyl groups excluding tert-OH is 1. The normalized spacial score (nSPS) is 11.0. The highest BCUT2D eigenvalue weighted by Gasteiger charge is 2.24. The van der Waals surface area contributed by atoms with Gasteiger partial charge in [-0.15, -0.1) is 11.3 Å². The minimum Gasteiger partial charge on any atom is -0.396 e. The zero-order valence-electron chi connectivity index (χ0n) is 16.5. The van der Waals surface area contributed by atoms with E-state index in [1.807, 2.05) is 65.6 Å². The number of aliphatic hydroxyl groups is 1. The van der Waals surface area contributed by atoms with Gasteiger partial charge in [0.1, 0.15) is 5.00 Å². The van der Waals surface area contributed by atoms with Gasteiger partial charge in [-0.05, 0) is 29.0 Å². The van der Waals surface area contributed by atoms with Gasteiger partial charge in [-0.25, -0.2) is 0 Å². The van der Waals surface area contributed by atoms with Gasteiger partial charge in [0.25, 0.3) is 5.91 Å². The second-order valence-corrected chi connectivity index (χ2v) is 7.76. The van der Waals surface area contributed by atoms with Crippen molar-refractivity contribution in [3.8, 4) is 0 Å². The molecule has 30 heavy (non-hydrogen) atoms. The van der Waals surface area contributed by atoms with Crippen LogP contribution >= 0.6 is 11.3 Å². The molecule has 0 unspecified atom stereocenters. The number of thiophene rings is 1. The van der Waals surface area contributed by atoms with Crippen molar-refractivity contribution in [2.24, 2.45) is 5.73 Å². The molecule has 2 aromatic carbocycles. The van der Waals surface area contributed by atoms with E-state index in [9.17, 15) is 14.7 Å². The lowest BCUT2D eigenvalue weighted by molar-refractivity contribution is -0.117. The predicted octanol–water partition coefficient (Wildman–Crippen LogP) is 3.26. The number of carbonyl (C=O) groups excluding carboxylic acids is 2.